The molecule has 142 valence electrons. The maximum Gasteiger partial charge on any atom is 0.217 e. The van der Waals surface area contributed by atoms with E-state index in [0.717, 1.165) is 38.1 Å². The van der Waals surface area contributed by atoms with Crippen molar-refractivity contribution in [3.8, 4) is 5.75 Å². The van der Waals surface area contributed by atoms with Gasteiger partial charge in [0.1, 0.15) is 5.75 Å². The number of piperidine rings is 1. The molecule has 26 heavy (non-hydrogen) atoms. The number of phenols is 1. The summed E-state index contributed by atoms with van der Waals surface area (Å²) in [5, 5.41) is 10.1. The van der Waals surface area contributed by atoms with E-state index in [1.165, 1.54) is 36.9 Å². The number of hydrogen-bond acceptors (Lipinski definition) is 3. The average molecular weight is 357 g/mol. The van der Waals surface area contributed by atoms with Crippen LogP contribution in [0.1, 0.15) is 63.0 Å². The van der Waals surface area contributed by atoms with Crippen molar-refractivity contribution in [3.05, 3.63) is 29.3 Å². The molecule has 2 fully saturated rings. The van der Waals surface area contributed by atoms with Crippen LogP contribution in [-0.2, 0) is 16.6 Å². The molecule has 2 aliphatic carbocycles. The number of nitrogens with zero attached hydrogens (tertiary/aromatic N) is 1. The number of aromatic hydroxyl groups is 1. The molecule has 4 rings (SSSR count). The van der Waals surface area contributed by atoms with E-state index >= 15 is 0 Å². The van der Waals surface area contributed by atoms with E-state index in [4.69, 9.17) is 5.73 Å². The third-order valence-corrected chi connectivity index (χ3v) is 7.59. The third kappa shape index (κ3) is 3.02. The Hall–Kier alpha value is -1.55. The van der Waals surface area contributed by atoms with Crippen molar-refractivity contribution >= 4 is 5.91 Å². The minimum absolute atomic E-state index is 0.0720. The van der Waals surface area contributed by atoms with Crippen LogP contribution in [0.15, 0.2) is 18.2 Å². The summed E-state index contributed by atoms with van der Waals surface area (Å²) in [7, 11) is 0. The Bertz CT molecular complexity index is 685. The second-order valence-corrected chi connectivity index (χ2v) is 8.92. The smallest absolute Gasteiger partial charge is 0.217 e. The van der Waals surface area contributed by atoms with Gasteiger partial charge in [-0.1, -0.05) is 19.4 Å². The summed E-state index contributed by atoms with van der Waals surface area (Å²) in [6, 6.07) is 6.53. The number of benzene rings is 1. The Kier molecular flexibility index (Phi) is 4.72. The van der Waals surface area contributed by atoms with Crippen LogP contribution in [0.2, 0.25) is 0 Å². The molecule has 3 aliphatic rings. The molecule has 1 aromatic carbocycles. The van der Waals surface area contributed by atoms with Gasteiger partial charge in [0.25, 0.3) is 0 Å². The lowest BCUT2D eigenvalue weighted by Gasteiger charge is -2.57. The zero-order valence-electron chi connectivity index (χ0n) is 15.9. The molecule has 0 radical (unpaired) electrons. The van der Waals surface area contributed by atoms with Gasteiger partial charge in [0.15, 0.2) is 0 Å². The molecule has 1 heterocycles. The van der Waals surface area contributed by atoms with Gasteiger partial charge in [-0.3, -0.25) is 9.69 Å². The highest BCUT2D eigenvalue weighted by Gasteiger charge is 2.51. The molecule has 0 unspecified atom stereocenters. The molecule has 1 amide bonds. The Balaban J connectivity index is 1.64. The van der Waals surface area contributed by atoms with Crippen molar-refractivity contribution in [2.24, 2.45) is 17.6 Å². The fourth-order valence-corrected chi connectivity index (χ4v) is 5.84. The van der Waals surface area contributed by atoms with Gasteiger partial charge in [0, 0.05) is 24.4 Å². The molecule has 3 N–H and O–H groups in total. The number of phenolic OH excluding ortho intramolecular Hbond substituents is 1. The minimum Gasteiger partial charge on any atom is -0.508 e. The molecular weight excluding hydrogens is 324 g/mol. The van der Waals surface area contributed by atoms with Gasteiger partial charge < -0.3 is 10.8 Å². The lowest BCUT2D eigenvalue weighted by molar-refractivity contribution is -0.118. The largest absolute Gasteiger partial charge is 0.508 e. The highest BCUT2D eigenvalue weighted by atomic mass is 16.3. The topological polar surface area (TPSA) is 66.6 Å². The average Bonchev–Trinajstić information content (AvgIpc) is 2.55. The highest BCUT2D eigenvalue weighted by molar-refractivity contribution is 5.73. The van der Waals surface area contributed by atoms with Crippen molar-refractivity contribution < 1.29 is 9.90 Å². The highest BCUT2D eigenvalue weighted by Crippen LogP contribution is 2.52. The second-order valence-electron chi connectivity index (χ2n) is 8.92. The van der Waals surface area contributed by atoms with Crippen LogP contribution in [-0.4, -0.2) is 35.0 Å². The van der Waals surface area contributed by atoms with Gasteiger partial charge in [-0.05, 0) is 80.2 Å². The van der Waals surface area contributed by atoms with Crippen LogP contribution in [0.25, 0.3) is 0 Å². The molecule has 1 aromatic rings. The maximum absolute atomic E-state index is 11.3. The first kappa shape index (κ1) is 17.8. The number of likely N-dealkylation sites (tertiary alicyclic amines) is 1. The predicted molar refractivity (Wildman–Crippen MR) is 103 cm³/mol. The number of primary amides is 1. The predicted octanol–water partition coefficient (Wildman–Crippen LogP) is 3.35. The fraction of sp³-hybridized carbons (Fsp3) is 0.682. The van der Waals surface area contributed by atoms with Gasteiger partial charge >= 0.3 is 0 Å². The lowest BCUT2D eigenvalue weighted by Crippen LogP contribution is -2.60. The number of carbonyl (C=O) groups is 1. The number of nitrogens with two attached hydrogens (primary N) is 1. The van der Waals surface area contributed by atoms with Crippen LogP contribution in [0.3, 0.4) is 0 Å². The van der Waals surface area contributed by atoms with E-state index < -0.39 is 0 Å². The number of hydrogen-bond donors (Lipinski definition) is 2. The van der Waals surface area contributed by atoms with Gasteiger partial charge in [-0.15, -0.1) is 0 Å². The Labute approximate surface area is 156 Å². The van der Waals surface area contributed by atoms with E-state index in [2.05, 4.69) is 17.9 Å². The van der Waals surface area contributed by atoms with Crippen LogP contribution in [0.5, 0.6) is 5.75 Å². The number of carbonyl (C=O) groups excluding carboxylic acids is 1. The molecule has 2 bridgehead atoms. The summed E-state index contributed by atoms with van der Waals surface area (Å²) < 4.78 is 0. The fourth-order valence-electron chi connectivity index (χ4n) is 5.84. The summed E-state index contributed by atoms with van der Waals surface area (Å²) in [6.07, 6.45) is 8.67. The quantitative estimate of drug-likeness (QED) is 0.821. The first-order valence-corrected chi connectivity index (χ1v) is 10.3. The first-order valence-electron chi connectivity index (χ1n) is 10.3. The Morgan fingerprint density at radius 2 is 2.19 bits per heavy atom. The van der Waals surface area contributed by atoms with Crippen LogP contribution in [0, 0.1) is 11.8 Å². The molecule has 1 saturated heterocycles. The molecule has 1 saturated carbocycles. The molecule has 3 atom stereocenters. The van der Waals surface area contributed by atoms with E-state index in [1.54, 1.807) is 0 Å². The number of amides is 1. The Morgan fingerprint density at radius 3 is 2.88 bits per heavy atom. The first-order chi connectivity index (χ1) is 12.5. The van der Waals surface area contributed by atoms with E-state index in [0.29, 0.717) is 24.1 Å². The van der Waals surface area contributed by atoms with Gasteiger partial charge in [-0.2, -0.15) is 0 Å². The second kappa shape index (κ2) is 6.88. The van der Waals surface area contributed by atoms with Crippen LogP contribution < -0.4 is 5.73 Å². The van der Waals surface area contributed by atoms with Crippen molar-refractivity contribution in [2.45, 2.75) is 69.7 Å². The minimum atomic E-state index is -0.208. The Morgan fingerprint density at radius 1 is 1.38 bits per heavy atom. The van der Waals surface area contributed by atoms with Gasteiger partial charge in [-0.25, -0.2) is 0 Å². The SMILES string of the molecule is C[C@H]1[C@H]2Cc3ccc(O)cc3[C@]1(CCCC(N)=O)CCN2CC1CCC1. The van der Waals surface area contributed by atoms with E-state index in [1.807, 2.05) is 12.1 Å². The molecule has 4 nitrogen and oxygen atoms in total. The van der Waals surface area contributed by atoms with Crippen molar-refractivity contribution in [1.29, 1.82) is 0 Å². The zero-order chi connectivity index (χ0) is 18.3. The van der Waals surface area contributed by atoms with Crippen LogP contribution >= 0.6 is 0 Å². The van der Waals surface area contributed by atoms with E-state index in [9.17, 15) is 9.90 Å². The summed E-state index contributed by atoms with van der Waals surface area (Å²) >= 11 is 0. The molecule has 4 heteroatoms. The van der Waals surface area contributed by atoms with E-state index in [-0.39, 0.29) is 11.3 Å². The van der Waals surface area contributed by atoms with Crippen LogP contribution in [0.4, 0.5) is 0 Å². The van der Waals surface area contributed by atoms with Gasteiger partial charge in [0.05, 0.1) is 0 Å². The molecule has 0 aromatic heterocycles. The standard InChI is InChI=1S/C22H32N2O2/c1-15-20-12-17-7-8-18(25)13-19(17)22(15,9-3-6-21(23)26)10-11-24(20)14-16-4-2-5-16/h7-8,13,15-16,20,25H,2-6,9-12,14H2,1H3,(H2,23,26)/t15-,20+,22+/m0/s1. The van der Waals surface area contributed by atoms with Crippen molar-refractivity contribution in [2.75, 3.05) is 13.1 Å². The number of fused-ring (bicyclic) bond motifs is 4. The third-order valence-electron chi connectivity index (χ3n) is 7.59. The molecule has 0 spiro atoms. The maximum atomic E-state index is 11.3. The molecule has 1 aliphatic heterocycles. The monoisotopic (exact) mass is 356 g/mol. The van der Waals surface area contributed by atoms with Gasteiger partial charge in [0.2, 0.25) is 5.91 Å². The lowest BCUT2D eigenvalue weighted by atomic mass is 9.56. The summed E-state index contributed by atoms with van der Waals surface area (Å²) in [5.41, 5.74) is 8.19. The normalized spacial score (nSPS) is 31.3. The van der Waals surface area contributed by atoms with Crippen molar-refractivity contribution in [1.82, 2.24) is 4.90 Å². The summed E-state index contributed by atoms with van der Waals surface area (Å²) in [6.45, 7) is 4.78. The molecular formula is C22H32N2O2. The summed E-state index contributed by atoms with van der Waals surface area (Å²) in [4.78, 5) is 14.0. The number of rotatable bonds is 6. The zero-order valence-corrected chi connectivity index (χ0v) is 15.9. The summed E-state index contributed by atoms with van der Waals surface area (Å²) in [5.74, 6) is 1.59. The van der Waals surface area contributed by atoms with Crippen molar-refractivity contribution in [3.63, 3.8) is 0 Å².